The molecule has 1 aromatic rings. The highest BCUT2D eigenvalue weighted by Gasteiger charge is 2.24. The summed E-state index contributed by atoms with van der Waals surface area (Å²) < 4.78 is 26.1. The molecule has 0 fully saturated rings. The highest BCUT2D eigenvalue weighted by atomic mass is 32.2. The van der Waals surface area contributed by atoms with Crippen molar-refractivity contribution < 1.29 is 13.2 Å². The molecule has 106 valence electrons. The SMILES string of the molecule is CCC(CC)S(=O)(=O)NC(=O)Cc1ccccc1C. The third-order valence-electron chi connectivity index (χ3n) is 3.22. The molecule has 5 heteroatoms. The van der Waals surface area contributed by atoms with Crippen LogP contribution >= 0.6 is 0 Å². The number of aryl methyl sites for hydroxylation is 1. The van der Waals surface area contributed by atoms with Crippen molar-refractivity contribution >= 4 is 15.9 Å². The number of rotatable bonds is 6. The lowest BCUT2D eigenvalue weighted by atomic mass is 10.1. The van der Waals surface area contributed by atoms with Crippen LogP contribution in [0.1, 0.15) is 37.8 Å². The van der Waals surface area contributed by atoms with E-state index >= 15 is 0 Å². The van der Waals surface area contributed by atoms with Crippen LogP contribution in [0, 0.1) is 6.92 Å². The van der Waals surface area contributed by atoms with Gasteiger partial charge in [0.25, 0.3) is 0 Å². The Morgan fingerprint density at radius 2 is 1.79 bits per heavy atom. The number of carbonyl (C=O) groups is 1. The van der Waals surface area contributed by atoms with Crippen molar-refractivity contribution in [2.75, 3.05) is 0 Å². The van der Waals surface area contributed by atoms with Gasteiger partial charge in [0, 0.05) is 0 Å². The summed E-state index contributed by atoms with van der Waals surface area (Å²) in [6, 6.07) is 7.46. The minimum Gasteiger partial charge on any atom is -0.274 e. The summed E-state index contributed by atoms with van der Waals surface area (Å²) in [5.74, 6) is -0.471. The summed E-state index contributed by atoms with van der Waals surface area (Å²) in [7, 11) is -3.55. The fourth-order valence-electron chi connectivity index (χ4n) is 1.99. The molecule has 1 aromatic carbocycles. The van der Waals surface area contributed by atoms with Crippen molar-refractivity contribution in [1.82, 2.24) is 4.72 Å². The Balaban J connectivity index is 2.74. The number of hydrogen-bond acceptors (Lipinski definition) is 3. The summed E-state index contributed by atoms with van der Waals surface area (Å²) in [6.45, 7) is 5.51. The van der Waals surface area contributed by atoms with E-state index in [2.05, 4.69) is 4.72 Å². The van der Waals surface area contributed by atoms with Crippen LogP contribution in [0.25, 0.3) is 0 Å². The van der Waals surface area contributed by atoms with Gasteiger partial charge in [0.15, 0.2) is 0 Å². The Morgan fingerprint density at radius 1 is 1.21 bits per heavy atom. The van der Waals surface area contributed by atoms with Crippen molar-refractivity contribution in [2.45, 2.75) is 45.3 Å². The van der Waals surface area contributed by atoms with Gasteiger partial charge in [-0.2, -0.15) is 0 Å². The van der Waals surface area contributed by atoms with Crippen molar-refractivity contribution in [1.29, 1.82) is 0 Å². The highest BCUT2D eigenvalue weighted by molar-refractivity contribution is 7.90. The maximum Gasteiger partial charge on any atom is 0.237 e. The molecule has 0 aliphatic carbocycles. The normalized spacial score (nSPS) is 11.6. The number of sulfonamides is 1. The van der Waals surface area contributed by atoms with Crippen molar-refractivity contribution in [3.63, 3.8) is 0 Å². The number of benzene rings is 1. The minimum absolute atomic E-state index is 0.0893. The molecule has 0 bridgehead atoms. The first-order valence-electron chi connectivity index (χ1n) is 6.49. The second kappa shape index (κ2) is 6.70. The summed E-state index contributed by atoms with van der Waals surface area (Å²) in [4.78, 5) is 11.8. The molecule has 0 spiro atoms. The molecule has 0 radical (unpaired) electrons. The third-order valence-corrected chi connectivity index (χ3v) is 5.27. The Kier molecular flexibility index (Phi) is 5.54. The van der Waals surface area contributed by atoms with Crippen molar-refractivity contribution in [3.05, 3.63) is 35.4 Å². The first-order chi connectivity index (χ1) is 8.90. The zero-order chi connectivity index (χ0) is 14.5. The van der Waals surface area contributed by atoms with Crippen LogP contribution in [0.3, 0.4) is 0 Å². The van der Waals surface area contributed by atoms with Crippen LogP contribution < -0.4 is 4.72 Å². The van der Waals surface area contributed by atoms with Crippen LogP contribution in [0.2, 0.25) is 0 Å². The van der Waals surface area contributed by atoms with Gasteiger partial charge < -0.3 is 0 Å². The molecule has 0 saturated carbocycles. The van der Waals surface area contributed by atoms with E-state index < -0.39 is 21.2 Å². The number of nitrogens with one attached hydrogen (secondary N) is 1. The van der Waals surface area contributed by atoms with E-state index in [1.165, 1.54) is 0 Å². The molecule has 0 unspecified atom stereocenters. The zero-order valence-electron chi connectivity index (χ0n) is 11.6. The van der Waals surface area contributed by atoms with Gasteiger partial charge in [0.05, 0.1) is 11.7 Å². The first-order valence-corrected chi connectivity index (χ1v) is 8.04. The van der Waals surface area contributed by atoms with E-state index in [0.29, 0.717) is 12.8 Å². The second-order valence-corrected chi connectivity index (χ2v) is 6.57. The zero-order valence-corrected chi connectivity index (χ0v) is 12.5. The van der Waals surface area contributed by atoms with Gasteiger partial charge in [0.1, 0.15) is 0 Å². The first kappa shape index (κ1) is 15.7. The van der Waals surface area contributed by atoms with Crippen LogP contribution in [-0.4, -0.2) is 19.6 Å². The molecule has 1 rings (SSSR count). The molecule has 1 amide bonds. The highest BCUT2D eigenvalue weighted by Crippen LogP contribution is 2.10. The Hall–Kier alpha value is -1.36. The molecule has 4 nitrogen and oxygen atoms in total. The van der Waals surface area contributed by atoms with E-state index in [-0.39, 0.29) is 6.42 Å². The molecule has 0 heterocycles. The molecule has 0 aromatic heterocycles. The maximum absolute atomic E-state index is 11.9. The molecule has 0 saturated heterocycles. The molecular weight excluding hydrogens is 262 g/mol. The van der Waals surface area contributed by atoms with E-state index in [4.69, 9.17) is 0 Å². The summed E-state index contributed by atoms with van der Waals surface area (Å²) in [5.41, 5.74) is 1.83. The van der Waals surface area contributed by atoms with Crippen LogP contribution in [0.4, 0.5) is 0 Å². The van der Waals surface area contributed by atoms with Gasteiger partial charge in [-0.1, -0.05) is 38.1 Å². The van der Waals surface area contributed by atoms with Crippen molar-refractivity contribution in [2.24, 2.45) is 0 Å². The quantitative estimate of drug-likeness (QED) is 0.870. The van der Waals surface area contributed by atoms with Gasteiger partial charge >= 0.3 is 0 Å². The molecule has 19 heavy (non-hydrogen) atoms. The maximum atomic E-state index is 11.9. The Morgan fingerprint density at radius 3 is 2.32 bits per heavy atom. The average Bonchev–Trinajstić information content (AvgIpc) is 2.32. The lowest BCUT2D eigenvalue weighted by Crippen LogP contribution is -2.38. The lowest BCUT2D eigenvalue weighted by Gasteiger charge is -2.14. The van der Waals surface area contributed by atoms with Gasteiger partial charge in [0.2, 0.25) is 15.9 Å². The number of hydrogen-bond donors (Lipinski definition) is 1. The Bertz CT molecular complexity index is 533. The molecule has 0 aliphatic rings. The van der Waals surface area contributed by atoms with Crippen LogP contribution in [-0.2, 0) is 21.2 Å². The Labute approximate surface area is 115 Å². The summed E-state index contributed by atoms with van der Waals surface area (Å²) >= 11 is 0. The smallest absolute Gasteiger partial charge is 0.237 e. The van der Waals surface area contributed by atoms with E-state index in [1.807, 2.05) is 31.2 Å². The van der Waals surface area contributed by atoms with Crippen molar-refractivity contribution in [3.8, 4) is 0 Å². The topological polar surface area (TPSA) is 63.2 Å². The van der Waals surface area contributed by atoms with Crippen LogP contribution in [0.5, 0.6) is 0 Å². The standard InChI is InChI=1S/C14H21NO3S/c1-4-13(5-2)19(17,18)15-14(16)10-12-9-7-6-8-11(12)3/h6-9,13H,4-5,10H2,1-3H3,(H,15,16). The summed E-state index contributed by atoms with van der Waals surface area (Å²) in [6.07, 6.45) is 1.10. The van der Waals surface area contributed by atoms with Gasteiger partial charge in [-0.25, -0.2) is 8.42 Å². The van der Waals surface area contributed by atoms with E-state index in [9.17, 15) is 13.2 Å². The van der Waals surface area contributed by atoms with Gasteiger partial charge in [-0.3, -0.25) is 9.52 Å². The predicted molar refractivity (Wildman–Crippen MR) is 76.3 cm³/mol. The van der Waals surface area contributed by atoms with Gasteiger partial charge in [-0.15, -0.1) is 0 Å². The summed E-state index contributed by atoms with van der Waals surface area (Å²) in [5, 5.41) is -0.506. The number of carbonyl (C=O) groups excluding carboxylic acids is 1. The molecular formula is C14H21NO3S. The minimum atomic E-state index is -3.55. The fraction of sp³-hybridized carbons (Fsp3) is 0.500. The van der Waals surface area contributed by atoms with Crippen LogP contribution in [0.15, 0.2) is 24.3 Å². The largest absolute Gasteiger partial charge is 0.274 e. The lowest BCUT2D eigenvalue weighted by molar-refractivity contribution is -0.118. The van der Waals surface area contributed by atoms with Gasteiger partial charge in [-0.05, 0) is 30.9 Å². The second-order valence-electron chi connectivity index (χ2n) is 4.61. The third kappa shape index (κ3) is 4.35. The van der Waals surface area contributed by atoms with E-state index in [1.54, 1.807) is 13.8 Å². The molecule has 0 aliphatic heterocycles. The average molecular weight is 283 g/mol. The molecule has 1 N–H and O–H groups in total. The monoisotopic (exact) mass is 283 g/mol. The molecule has 0 atom stereocenters. The predicted octanol–water partition coefficient (Wildman–Crippen LogP) is 2.17. The fourth-order valence-corrected chi connectivity index (χ4v) is 3.42. The van der Waals surface area contributed by atoms with E-state index in [0.717, 1.165) is 11.1 Å². The number of amides is 1.